The van der Waals surface area contributed by atoms with Crippen LogP contribution in [-0.2, 0) is 0 Å². The average Bonchev–Trinajstić information content (AvgIpc) is 2.53. The molecule has 2 rings (SSSR count). The summed E-state index contributed by atoms with van der Waals surface area (Å²) in [6.07, 6.45) is 0. The summed E-state index contributed by atoms with van der Waals surface area (Å²) in [6.45, 7) is 4.70. The molecule has 2 aromatic rings. The Hall–Kier alpha value is -1.89. The molecule has 0 aliphatic heterocycles. The van der Waals surface area contributed by atoms with Crippen LogP contribution in [0.15, 0.2) is 48.5 Å². The normalized spacial score (nSPS) is 10.4. The molecule has 0 aromatic heterocycles. The van der Waals surface area contributed by atoms with E-state index in [0.29, 0.717) is 29.3 Å². The van der Waals surface area contributed by atoms with Gasteiger partial charge in [0.1, 0.15) is 0 Å². The Balaban J connectivity index is 2.06. The fourth-order valence-corrected chi connectivity index (χ4v) is 2.30. The molecule has 4 nitrogen and oxygen atoms in total. The van der Waals surface area contributed by atoms with Gasteiger partial charge < -0.3 is 10.6 Å². The molecule has 2 N–H and O–H groups in total. The fraction of sp³-hybridized carbons (Fsp3) is 0.222. The van der Waals surface area contributed by atoms with Crippen molar-refractivity contribution in [2.24, 2.45) is 5.92 Å². The van der Waals surface area contributed by atoms with E-state index in [4.69, 9.17) is 0 Å². The van der Waals surface area contributed by atoms with Crippen LogP contribution in [0.25, 0.3) is 0 Å². The Bertz CT molecular complexity index is 696. The molecular weight excluding hydrogens is 403 g/mol. The summed E-state index contributed by atoms with van der Waals surface area (Å²) in [6, 6.07) is 14.2. The van der Waals surface area contributed by atoms with E-state index < -0.39 is 0 Å². The van der Waals surface area contributed by atoms with Crippen LogP contribution in [0.2, 0.25) is 0 Å². The maximum Gasteiger partial charge on any atom is 0.255 e. The number of hydrogen-bond acceptors (Lipinski definition) is 2. The van der Waals surface area contributed by atoms with E-state index in [1.807, 2.05) is 26.0 Å². The molecule has 0 radical (unpaired) electrons. The van der Waals surface area contributed by atoms with Crippen molar-refractivity contribution in [1.29, 1.82) is 0 Å². The van der Waals surface area contributed by atoms with Crippen LogP contribution in [0.4, 0.5) is 5.69 Å². The third-order valence-corrected chi connectivity index (χ3v) is 3.88. The van der Waals surface area contributed by atoms with Crippen molar-refractivity contribution < 1.29 is 9.59 Å². The molecule has 0 spiro atoms. The van der Waals surface area contributed by atoms with Gasteiger partial charge in [-0.1, -0.05) is 19.9 Å². The van der Waals surface area contributed by atoms with Gasteiger partial charge in [0.2, 0.25) is 0 Å². The largest absolute Gasteiger partial charge is 0.352 e. The molecule has 0 bridgehead atoms. The quantitative estimate of drug-likeness (QED) is 0.718. The van der Waals surface area contributed by atoms with Crippen molar-refractivity contribution in [2.75, 3.05) is 11.9 Å². The van der Waals surface area contributed by atoms with Crippen LogP contribution >= 0.6 is 22.6 Å². The number of halogens is 1. The molecule has 0 saturated heterocycles. The summed E-state index contributed by atoms with van der Waals surface area (Å²) in [7, 11) is 0. The zero-order valence-electron chi connectivity index (χ0n) is 13.1. The van der Waals surface area contributed by atoms with Crippen molar-refractivity contribution in [3.8, 4) is 0 Å². The molecule has 0 aliphatic rings. The van der Waals surface area contributed by atoms with Crippen LogP contribution in [0.1, 0.15) is 34.6 Å². The zero-order valence-corrected chi connectivity index (χ0v) is 15.3. The first-order valence-electron chi connectivity index (χ1n) is 7.41. The number of anilines is 1. The third-order valence-electron chi connectivity index (χ3n) is 3.16. The maximum absolute atomic E-state index is 12.2. The molecule has 0 heterocycles. The molecule has 5 heteroatoms. The molecule has 2 aromatic carbocycles. The summed E-state index contributed by atoms with van der Waals surface area (Å²) >= 11 is 2.19. The third kappa shape index (κ3) is 5.35. The summed E-state index contributed by atoms with van der Waals surface area (Å²) in [5, 5.41) is 5.68. The molecule has 0 atom stereocenters. The van der Waals surface area contributed by atoms with E-state index in [-0.39, 0.29) is 11.8 Å². The molecule has 0 fully saturated rings. The number of hydrogen-bond donors (Lipinski definition) is 2. The van der Waals surface area contributed by atoms with Crippen molar-refractivity contribution in [3.63, 3.8) is 0 Å². The molecular formula is C18H19IN2O2. The molecule has 0 unspecified atom stereocenters. The van der Waals surface area contributed by atoms with Gasteiger partial charge in [-0.2, -0.15) is 0 Å². The predicted octanol–water partition coefficient (Wildman–Crippen LogP) is 3.93. The Morgan fingerprint density at radius 3 is 2.35 bits per heavy atom. The standard InChI is InChI=1S/C18H19IN2O2/c1-12(2)11-20-17(22)14-4-3-5-16(10-14)21-18(23)13-6-8-15(19)9-7-13/h3-10,12H,11H2,1-2H3,(H,20,22)(H,21,23). The summed E-state index contributed by atoms with van der Waals surface area (Å²) in [5.41, 5.74) is 1.72. The van der Waals surface area contributed by atoms with E-state index in [1.54, 1.807) is 36.4 Å². The Morgan fingerprint density at radius 1 is 1.00 bits per heavy atom. The fourth-order valence-electron chi connectivity index (χ4n) is 1.94. The van der Waals surface area contributed by atoms with Crippen LogP contribution < -0.4 is 10.6 Å². The Labute approximate surface area is 149 Å². The van der Waals surface area contributed by atoms with Crippen LogP contribution in [0.3, 0.4) is 0 Å². The molecule has 0 aliphatic carbocycles. The number of nitrogens with one attached hydrogen (secondary N) is 2. The van der Waals surface area contributed by atoms with Crippen molar-refractivity contribution in [3.05, 3.63) is 63.2 Å². The number of benzene rings is 2. The van der Waals surface area contributed by atoms with E-state index in [0.717, 1.165) is 3.57 Å². The number of carbonyl (C=O) groups is 2. The van der Waals surface area contributed by atoms with Crippen LogP contribution in [0.5, 0.6) is 0 Å². The number of rotatable bonds is 5. The Kier molecular flexibility index (Phi) is 6.15. The maximum atomic E-state index is 12.2. The minimum atomic E-state index is -0.193. The second-order valence-electron chi connectivity index (χ2n) is 5.65. The molecule has 0 saturated carbocycles. The van der Waals surface area contributed by atoms with E-state index in [1.165, 1.54) is 0 Å². The lowest BCUT2D eigenvalue weighted by molar-refractivity contribution is 0.0947. The van der Waals surface area contributed by atoms with Gasteiger partial charge >= 0.3 is 0 Å². The highest BCUT2D eigenvalue weighted by Gasteiger charge is 2.09. The van der Waals surface area contributed by atoms with Crippen molar-refractivity contribution in [1.82, 2.24) is 5.32 Å². The van der Waals surface area contributed by atoms with E-state index in [9.17, 15) is 9.59 Å². The summed E-state index contributed by atoms with van der Waals surface area (Å²) < 4.78 is 1.07. The number of carbonyl (C=O) groups excluding carboxylic acids is 2. The van der Waals surface area contributed by atoms with Gasteiger partial charge in [-0.3, -0.25) is 9.59 Å². The average molecular weight is 422 g/mol. The predicted molar refractivity (Wildman–Crippen MR) is 101 cm³/mol. The Morgan fingerprint density at radius 2 is 1.70 bits per heavy atom. The van der Waals surface area contributed by atoms with Crippen molar-refractivity contribution in [2.45, 2.75) is 13.8 Å². The van der Waals surface area contributed by atoms with Gasteiger partial charge in [-0.25, -0.2) is 0 Å². The van der Waals surface area contributed by atoms with Gasteiger partial charge in [-0.15, -0.1) is 0 Å². The van der Waals surface area contributed by atoms with Gasteiger partial charge in [0, 0.05) is 26.9 Å². The second-order valence-corrected chi connectivity index (χ2v) is 6.89. The highest BCUT2D eigenvalue weighted by molar-refractivity contribution is 14.1. The zero-order chi connectivity index (χ0) is 16.8. The first-order chi connectivity index (χ1) is 11.0. The monoisotopic (exact) mass is 422 g/mol. The lowest BCUT2D eigenvalue weighted by atomic mass is 10.1. The second kappa shape index (κ2) is 8.10. The molecule has 23 heavy (non-hydrogen) atoms. The highest BCUT2D eigenvalue weighted by atomic mass is 127. The van der Waals surface area contributed by atoms with Gasteiger partial charge in [-0.05, 0) is 71.0 Å². The molecule has 120 valence electrons. The highest BCUT2D eigenvalue weighted by Crippen LogP contribution is 2.13. The first kappa shape index (κ1) is 17.5. The van der Waals surface area contributed by atoms with Gasteiger partial charge in [0.25, 0.3) is 11.8 Å². The summed E-state index contributed by atoms with van der Waals surface area (Å²) in [5.74, 6) is 0.0629. The van der Waals surface area contributed by atoms with Crippen molar-refractivity contribution >= 4 is 40.1 Å². The SMILES string of the molecule is CC(C)CNC(=O)c1cccc(NC(=O)c2ccc(I)cc2)c1. The number of amides is 2. The smallest absolute Gasteiger partial charge is 0.255 e. The van der Waals surface area contributed by atoms with E-state index >= 15 is 0 Å². The van der Waals surface area contributed by atoms with Crippen LogP contribution in [0, 0.1) is 9.49 Å². The first-order valence-corrected chi connectivity index (χ1v) is 8.49. The lowest BCUT2D eigenvalue weighted by Gasteiger charge is -2.10. The van der Waals surface area contributed by atoms with Gasteiger partial charge in [0.05, 0.1) is 0 Å². The summed E-state index contributed by atoms with van der Waals surface area (Å²) in [4.78, 5) is 24.3. The lowest BCUT2D eigenvalue weighted by Crippen LogP contribution is -2.27. The minimum absolute atomic E-state index is 0.135. The van der Waals surface area contributed by atoms with Gasteiger partial charge in [0.15, 0.2) is 0 Å². The topological polar surface area (TPSA) is 58.2 Å². The van der Waals surface area contributed by atoms with E-state index in [2.05, 4.69) is 33.2 Å². The minimum Gasteiger partial charge on any atom is -0.352 e. The molecule has 2 amide bonds. The van der Waals surface area contributed by atoms with Crippen LogP contribution in [-0.4, -0.2) is 18.4 Å².